The fourth-order valence-electron chi connectivity index (χ4n) is 6.81. The smallest absolute Gasteiger partial charge is 0.105 e. The zero-order chi connectivity index (χ0) is 42.0. The lowest BCUT2D eigenvalue weighted by molar-refractivity contribution is -0.931. The van der Waals surface area contributed by atoms with E-state index in [9.17, 15) is 30.0 Å². The normalized spacial score (nSPS) is 14.0. The number of quaternary nitrogens is 2. The van der Waals surface area contributed by atoms with Gasteiger partial charge < -0.3 is 39.0 Å². The summed E-state index contributed by atoms with van der Waals surface area (Å²) in [6, 6.07) is 0. The second-order valence-corrected chi connectivity index (χ2v) is 16.7. The van der Waals surface area contributed by atoms with E-state index in [2.05, 4.69) is 41.5 Å². The Bertz CT molecular complexity index is 748. The van der Waals surface area contributed by atoms with Crippen LogP contribution in [0.3, 0.4) is 0 Å². The Labute approximate surface area is 331 Å². The average molecular weight is 761 g/mol. The Morgan fingerprint density at radius 3 is 0.792 bits per heavy atom. The number of unbranched alkanes of at least 4 members (excludes halogenated alkanes) is 6. The lowest BCUT2D eigenvalue weighted by atomic mass is 9.83. The first-order valence-corrected chi connectivity index (χ1v) is 22.3. The fourth-order valence-corrected chi connectivity index (χ4v) is 6.81. The molecule has 0 aromatic carbocycles. The Hall–Kier alpha value is -1.22. The maximum atomic E-state index is 10.5. The Balaban J connectivity index is -0.000000314. The highest BCUT2D eigenvalue weighted by atomic mass is 16.4. The number of aliphatic hydroxyl groups is 2. The molecule has 8 nitrogen and oxygen atoms in total. The molecule has 0 aliphatic carbocycles. The number of aliphatic carboxylic acids is 2. The first kappa shape index (κ1) is 58.5. The van der Waals surface area contributed by atoms with E-state index in [1.54, 1.807) is 13.8 Å². The Kier molecular flexibility index (Phi) is 38.9. The number of nitrogens with zero attached hydrogens (tertiary/aromatic N) is 2. The predicted molar refractivity (Wildman–Crippen MR) is 224 cm³/mol. The van der Waals surface area contributed by atoms with Crippen LogP contribution < -0.4 is 10.2 Å². The van der Waals surface area contributed by atoms with Crippen LogP contribution in [0.1, 0.15) is 206 Å². The fraction of sp³-hybridized carbons (Fsp3) is 0.956. The molecule has 0 saturated heterocycles. The van der Waals surface area contributed by atoms with Crippen LogP contribution in [0.15, 0.2) is 0 Å². The molecule has 0 rings (SSSR count). The van der Waals surface area contributed by atoms with Gasteiger partial charge >= 0.3 is 0 Å². The zero-order valence-corrected chi connectivity index (χ0v) is 38.3. The number of carboxylic acids is 2. The monoisotopic (exact) mass is 761 g/mol. The van der Waals surface area contributed by atoms with Gasteiger partial charge in [-0.25, -0.2) is 0 Å². The minimum absolute atomic E-state index is 0.166. The molecule has 8 heteroatoms. The molecule has 0 aliphatic rings. The van der Waals surface area contributed by atoms with Gasteiger partial charge in [0.15, 0.2) is 0 Å². The largest absolute Gasteiger partial charge is 0.550 e. The van der Waals surface area contributed by atoms with Gasteiger partial charge in [-0.05, 0) is 78.1 Å². The third kappa shape index (κ3) is 29.7. The molecule has 0 spiro atoms. The summed E-state index contributed by atoms with van der Waals surface area (Å²) in [4.78, 5) is 20.9. The van der Waals surface area contributed by atoms with E-state index in [4.69, 9.17) is 0 Å². The van der Waals surface area contributed by atoms with Gasteiger partial charge in [-0.15, -0.1) is 0 Å². The molecule has 0 amide bonds. The number of rotatable bonds is 29. The Morgan fingerprint density at radius 2 is 0.698 bits per heavy atom. The van der Waals surface area contributed by atoms with E-state index in [-0.39, 0.29) is 12.2 Å². The van der Waals surface area contributed by atoms with Crippen LogP contribution in [-0.4, -0.2) is 95.7 Å². The molecular weight excluding hydrogens is 665 g/mol. The van der Waals surface area contributed by atoms with Crippen molar-refractivity contribution in [1.29, 1.82) is 0 Å². The van der Waals surface area contributed by atoms with E-state index in [1.165, 1.54) is 116 Å². The first-order valence-electron chi connectivity index (χ1n) is 22.3. The molecule has 3 unspecified atom stereocenters. The van der Waals surface area contributed by atoms with Crippen molar-refractivity contribution in [3.63, 3.8) is 0 Å². The first-order chi connectivity index (χ1) is 24.8. The second-order valence-electron chi connectivity index (χ2n) is 16.7. The molecule has 53 heavy (non-hydrogen) atoms. The number of aliphatic hydroxyl groups excluding tert-OH is 2. The van der Waals surface area contributed by atoms with Crippen molar-refractivity contribution in [2.75, 3.05) is 52.4 Å². The lowest BCUT2D eigenvalue weighted by Crippen LogP contribution is -2.53. The minimum Gasteiger partial charge on any atom is -0.550 e. The topological polar surface area (TPSA) is 121 Å². The van der Waals surface area contributed by atoms with Gasteiger partial charge in [-0.2, -0.15) is 0 Å². The van der Waals surface area contributed by atoms with Crippen LogP contribution in [0.25, 0.3) is 0 Å². The van der Waals surface area contributed by atoms with Crippen molar-refractivity contribution in [1.82, 2.24) is 0 Å². The number of carboxylic acid groups (broad SMARTS) is 2. The van der Waals surface area contributed by atoms with Gasteiger partial charge in [0.1, 0.15) is 25.3 Å². The van der Waals surface area contributed by atoms with Crippen LogP contribution in [0.2, 0.25) is 0 Å². The molecular formula is C45H96N2O6. The minimum atomic E-state index is -0.937. The molecule has 0 radical (unpaired) electrons. The van der Waals surface area contributed by atoms with E-state index in [0.717, 1.165) is 28.5 Å². The van der Waals surface area contributed by atoms with Crippen molar-refractivity contribution < 1.29 is 39.0 Å². The summed E-state index contributed by atoms with van der Waals surface area (Å²) in [6.45, 7) is 37.9. The maximum Gasteiger partial charge on any atom is 0.105 e. The number of carbonyl (C=O) groups excluding carboxylic acids is 2. The van der Waals surface area contributed by atoms with Crippen LogP contribution in [-0.2, 0) is 9.59 Å². The molecule has 0 aromatic rings. The van der Waals surface area contributed by atoms with Crippen molar-refractivity contribution in [3.05, 3.63) is 0 Å². The van der Waals surface area contributed by atoms with Crippen molar-refractivity contribution in [3.8, 4) is 0 Å². The van der Waals surface area contributed by atoms with Crippen LogP contribution in [0, 0.1) is 10.8 Å². The summed E-state index contributed by atoms with van der Waals surface area (Å²) >= 11 is 0. The molecule has 3 atom stereocenters. The van der Waals surface area contributed by atoms with Gasteiger partial charge in [0, 0.05) is 22.8 Å². The molecule has 0 aliphatic heterocycles. The summed E-state index contributed by atoms with van der Waals surface area (Å²) in [5, 5.41) is 40.4. The van der Waals surface area contributed by atoms with Gasteiger partial charge in [0.2, 0.25) is 0 Å². The van der Waals surface area contributed by atoms with Crippen LogP contribution >= 0.6 is 0 Å². The summed E-state index contributed by atoms with van der Waals surface area (Å²) in [5.74, 6) is -1.86. The quantitative estimate of drug-likeness (QED) is 0.0737. The van der Waals surface area contributed by atoms with Gasteiger partial charge in [0.25, 0.3) is 0 Å². The lowest BCUT2D eigenvalue weighted by Gasteiger charge is -2.40. The molecule has 0 bridgehead atoms. The highest BCUT2D eigenvalue weighted by Gasteiger charge is 2.28. The van der Waals surface area contributed by atoms with E-state index >= 15 is 0 Å². The van der Waals surface area contributed by atoms with E-state index in [1.807, 2.05) is 41.5 Å². The van der Waals surface area contributed by atoms with Crippen molar-refractivity contribution in [2.45, 2.75) is 218 Å². The standard InChI is InChI=1S/2C15H34NO.C8H16O2.C7H14O2/c2*1-5-8-11-16(12-9-6-2,13-10-7-3)14-15(4)17;1-4-6-8(3,5-2)7(9)10;1-4-7(3,5-2)6(8)9/h2*15,17H,5-14H2,1-4H3;4-6H2,1-3H3,(H,9,10);4-5H2,1-3H3,(H,8,9)/q2*+1;;/p-2. The summed E-state index contributed by atoms with van der Waals surface area (Å²) < 4.78 is 2.29. The van der Waals surface area contributed by atoms with Gasteiger partial charge in [-0.1, -0.05) is 128 Å². The number of carbonyl (C=O) groups is 2. The zero-order valence-electron chi connectivity index (χ0n) is 38.3. The molecule has 0 fully saturated rings. The highest BCUT2D eigenvalue weighted by molar-refractivity contribution is 5.72. The summed E-state index contributed by atoms with van der Waals surface area (Å²) in [7, 11) is 0. The summed E-state index contributed by atoms with van der Waals surface area (Å²) in [6.07, 6.45) is 18.6. The summed E-state index contributed by atoms with van der Waals surface area (Å²) in [5.41, 5.74) is -1.21. The molecule has 0 saturated carbocycles. The third-order valence-corrected chi connectivity index (χ3v) is 11.3. The van der Waals surface area contributed by atoms with E-state index in [0.29, 0.717) is 25.7 Å². The Morgan fingerprint density at radius 1 is 0.472 bits per heavy atom. The van der Waals surface area contributed by atoms with Gasteiger partial charge in [0.05, 0.1) is 39.3 Å². The number of hydrogen-bond acceptors (Lipinski definition) is 6. The predicted octanol–water partition coefficient (Wildman–Crippen LogP) is 8.68. The SMILES string of the molecule is CCC(C)(CC)C(=O)[O-].CCCC(C)(CC)C(=O)[O-].CCCC[N+](CCCC)(CCCC)CC(C)O.CCCC[N+](CCCC)(CCCC)CC(C)O. The second kappa shape index (κ2) is 35.2. The maximum absolute atomic E-state index is 10.5. The molecule has 0 heterocycles. The van der Waals surface area contributed by atoms with Gasteiger partial charge in [-0.3, -0.25) is 0 Å². The molecule has 0 aromatic heterocycles. The van der Waals surface area contributed by atoms with Crippen LogP contribution in [0.4, 0.5) is 0 Å². The number of hydrogen-bond donors (Lipinski definition) is 2. The molecule has 2 N–H and O–H groups in total. The highest BCUT2D eigenvalue weighted by Crippen LogP contribution is 2.26. The third-order valence-electron chi connectivity index (χ3n) is 11.3. The molecule has 322 valence electrons. The van der Waals surface area contributed by atoms with Crippen LogP contribution in [0.5, 0.6) is 0 Å². The van der Waals surface area contributed by atoms with E-state index < -0.39 is 22.8 Å². The van der Waals surface area contributed by atoms with Crippen molar-refractivity contribution in [2.24, 2.45) is 10.8 Å². The van der Waals surface area contributed by atoms with Crippen molar-refractivity contribution >= 4 is 11.9 Å². The average Bonchev–Trinajstić information content (AvgIpc) is 3.12.